The van der Waals surface area contributed by atoms with Gasteiger partial charge >= 0.3 is 0 Å². The van der Waals surface area contributed by atoms with E-state index in [1.54, 1.807) is 0 Å². The number of hydrogen-bond donors (Lipinski definition) is 1. The van der Waals surface area contributed by atoms with E-state index < -0.39 is 12.5 Å². The van der Waals surface area contributed by atoms with Gasteiger partial charge in [-0.2, -0.15) is 0 Å². The molecule has 2 aliphatic rings. The van der Waals surface area contributed by atoms with Gasteiger partial charge in [-0.05, 0) is 0 Å². The normalized spacial score (nSPS) is 33.6. The van der Waals surface area contributed by atoms with Gasteiger partial charge in [0, 0.05) is 24.9 Å². The molecule has 0 bridgehead atoms. The molecule has 0 amide bonds. The van der Waals surface area contributed by atoms with Crippen molar-refractivity contribution in [3.05, 3.63) is 0 Å². The number of ether oxygens (including phenoxy) is 1. The van der Waals surface area contributed by atoms with E-state index in [9.17, 15) is 8.78 Å². The van der Waals surface area contributed by atoms with Crippen molar-refractivity contribution in [3.63, 3.8) is 0 Å². The third kappa shape index (κ3) is 2.04. The lowest BCUT2D eigenvalue weighted by Crippen LogP contribution is -2.41. The lowest BCUT2D eigenvalue weighted by Gasteiger charge is -2.22. The number of fused-ring (bicyclic) bond motifs is 1. The van der Waals surface area contributed by atoms with Crippen molar-refractivity contribution in [1.82, 2.24) is 4.90 Å². The molecule has 2 fully saturated rings. The van der Waals surface area contributed by atoms with Crippen LogP contribution in [0.25, 0.3) is 0 Å². The molecule has 5 heteroatoms. The van der Waals surface area contributed by atoms with E-state index in [4.69, 9.17) is 10.5 Å². The van der Waals surface area contributed by atoms with E-state index in [1.165, 1.54) is 0 Å². The SMILES string of the molecule is NCC(F)(F)CN1C[C@H]2COC[C@H]2C1. The molecule has 2 heterocycles. The molecule has 0 radical (unpaired) electrons. The fourth-order valence-electron chi connectivity index (χ4n) is 2.31. The first-order valence-electron chi connectivity index (χ1n) is 4.99. The van der Waals surface area contributed by atoms with Crippen LogP contribution in [0.15, 0.2) is 0 Å². The quantitative estimate of drug-likeness (QED) is 0.715. The molecule has 14 heavy (non-hydrogen) atoms. The van der Waals surface area contributed by atoms with Crippen molar-refractivity contribution >= 4 is 0 Å². The van der Waals surface area contributed by atoms with Gasteiger partial charge in [0.05, 0.1) is 26.3 Å². The zero-order valence-corrected chi connectivity index (χ0v) is 8.09. The number of nitrogens with two attached hydrogens (primary N) is 1. The van der Waals surface area contributed by atoms with Crippen LogP contribution in [0.1, 0.15) is 0 Å². The monoisotopic (exact) mass is 206 g/mol. The zero-order valence-electron chi connectivity index (χ0n) is 8.09. The van der Waals surface area contributed by atoms with Crippen LogP contribution in [0.4, 0.5) is 8.78 Å². The fraction of sp³-hybridized carbons (Fsp3) is 1.00. The van der Waals surface area contributed by atoms with Gasteiger partial charge in [-0.25, -0.2) is 8.78 Å². The molecule has 3 nitrogen and oxygen atoms in total. The summed E-state index contributed by atoms with van der Waals surface area (Å²) in [6.45, 7) is 2.18. The minimum absolute atomic E-state index is 0.198. The number of likely N-dealkylation sites (tertiary alicyclic amines) is 1. The van der Waals surface area contributed by atoms with Crippen LogP contribution in [-0.4, -0.2) is 50.2 Å². The van der Waals surface area contributed by atoms with E-state index in [2.05, 4.69) is 0 Å². The number of halogens is 2. The predicted molar refractivity (Wildman–Crippen MR) is 48.2 cm³/mol. The molecule has 2 aliphatic heterocycles. The lowest BCUT2D eigenvalue weighted by atomic mass is 10.0. The van der Waals surface area contributed by atoms with Crippen LogP contribution >= 0.6 is 0 Å². The Bertz CT molecular complexity index is 201. The molecular formula is C9H16F2N2O. The average molecular weight is 206 g/mol. The molecule has 0 aromatic carbocycles. The Hall–Kier alpha value is -0.260. The Morgan fingerprint density at radius 3 is 2.36 bits per heavy atom. The van der Waals surface area contributed by atoms with Crippen LogP contribution in [-0.2, 0) is 4.74 Å². The van der Waals surface area contributed by atoms with Crippen molar-refractivity contribution in [1.29, 1.82) is 0 Å². The zero-order chi connectivity index (χ0) is 10.2. The Balaban J connectivity index is 1.84. The molecule has 2 N–H and O–H groups in total. The predicted octanol–water partition coefficient (Wildman–Crippen LogP) is 0.159. The summed E-state index contributed by atoms with van der Waals surface area (Å²) >= 11 is 0. The molecule has 0 saturated carbocycles. The molecule has 2 saturated heterocycles. The maximum Gasteiger partial charge on any atom is 0.272 e. The summed E-state index contributed by atoms with van der Waals surface area (Å²) in [7, 11) is 0. The molecule has 0 unspecified atom stereocenters. The Labute approximate surface area is 82.2 Å². The number of hydrogen-bond acceptors (Lipinski definition) is 3. The van der Waals surface area contributed by atoms with Crippen LogP contribution in [0.3, 0.4) is 0 Å². The molecule has 82 valence electrons. The van der Waals surface area contributed by atoms with Crippen molar-refractivity contribution in [3.8, 4) is 0 Å². The van der Waals surface area contributed by atoms with E-state index >= 15 is 0 Å². The summed E-state index contributed by atoms with van der Waals surface area (Å²) in [5, 5.41) is 0. The maximum absolute atomic E-state index is 13.0. The molecule has 2 rings (SSSR count). The summed E-state index contributed by atoms with van der Waals surface area (Å²) in [4.78, 5) is 1.81. The van der Waals surface area contributed by atoms with Crippen LogP contribution in [0.2, 0.25) is 0 Å². The van der Waals surface area contributed by atoms with Crippen LogP contribution in [0, 0.1) is 11.8 Å². The van der Waals surface area contributed by atoms with Crippen LogP contribution in [0.5, 0.6) is 0 Å². The highest BCUT2D eigenvalue weighted by Gasteiger charge is 2.40. The highest BCUT2D eigenvalue weighted by molar-refractivity contribution is 4.89. The van der Waals surface area contributed by atoms with Gasteiger partial charge in [0.2, 0.25) is 0 Å². The second kappa shape index (κ2) is 3.72. The van der Waals surface area contributed by atoms with Crippen molar-refractivity contribution in [2.75, 3.05) is 39.4 Å². The third-order valence-corrected chi connectivity index (χ3v) is 3.07. The molecule has 2 atom stereocenters. The van der Waals surface area contributed by atoms with Crippen LogP contribution < -0.4 is 5.73 Å². The molecule has 0 aromatic rings. The fourth-order valence-corrected chi connectivity index (χ4v) is 2.31. The number of rotatable bonds is 3. The van der Waals surface area contributed by atoms with Crippen molar-refractivity contribution < 1.29 is 13.5 Å². The first-order chi connectivity index (χ1) is 6.61. The Morgan fingerprint density at radius 1 is 1.29 bits per heavy atom. The Morgan fingerprint density at radius 2 is 1.86 bits per heavy atom. The lowest BCUT2D eigenvalue weighted by molar-refractivity contribution is -0.0216. The summed E-state index contributed by atoms with van der Waals surface area (Å²) < 4.78 is 31.2. The minimum Gasteiger partial charge on any atom is -0.381 e. The van der Waals surface area contributed by atoms with Gasteiger partial charge in [-0.1, -0.05) is 0 Å². The van der Waals surface area contributed by atoms with Crippen molar-refractivity contribution in [2.45, 2.75) is 5.92 Å². The standard InChI is InChI=1S/C9H16F2N2O/c10-9(11,5-12)6-13-1-7-3-14-4-8(7)2-13/h7-8H,1-6,12H2/t7-,8+. The minimum atomic E-state index is -2.74. The average Bonchev–Trinajstić information content (AvgIpc) is 2.63. The number of alkyl halides is 2. The number of nitrogens with zero attached hydrogens (tertiary/aromatic N) is 1. The summed E-state index contributed by atoms with van der Waals surface area (Å²) in [5.74, 6) is -1.81. The topological polar surface area (TPSA) is 38.5 Å². The second-order valence-corrected chi connectivity index (χ2v) is 4.31. The molecule has 0 spiro atoms. The highest BCUT2D eigenvalue weighted by atomic mass is 19.3. The van der Waals surface area contributed by atoms with Gasteiger partial charge in [-0.3, -0.25) is 4.90 Å². The largest absolute Gasteiger partial charge is 0.381 e. The van der Waals surface area contributed by atoms with E-state index in [-0.39, 0.29) is 6.54 Å². The van der Waals surface area contributed by atoms with Gasteiger partial charge in [-0.15, -0.1) is 0 Å². The second-order valence-electron chi connectivity index (χ2n) is 4.31. The summed E-state index contributed by atoms with van der Waals surface area (Å²) in [5.41, 5.74) is 5.00. The van der Waals surface area contributed by atoms with E-state index in [0.29, 0.717) is 11.8 Å². The van der Waals surface area contributed by atoms with Gasteiger partial charge < -0.3 is 10.5 Å². The third-order valence-electron chi connectivity index (χ3n) is 3.07. The first-order valence-corrected chi connectivity index (χ1v) is 4.99. The molecule has 0 aromatic heterocycles. The highest BCUT2D eigenvalue weighted by Crippen LogP contribution is 2.30. The first kappa shape index (κ1) is 10.3. The summed E-state index contributed by atoms with van der Waals surface area (Å²) in [6, 6.07) is 0. The van der Waals surface area contributed by atoms with E-state index in [1.807, 2.05) is 4.90 Å². The maximum atomic E-state index is 13.0. The Kier molecular flexibility index (Phi) is 2.72. The van der Waals surface area contributed by atoms with Gasteiger partial charge in [0.15, 0.2) is 0 Å². The van der Waals surface area contributed by atoms with Gasteiger partial charge in [0.25, 0.3) is 5.92 Å². The summed E-state index contributed by atoms with van der Waals surface area (Å²) in [6.07, 6.45) is 0. The van der Waals surface area contributed by atoms with Crippen molar-refractivity contribution in [2.24, 2.45) is 17.6 Å². The molecular weight excluding hydrogens is 190 g/mol. The molecule has 0 aliphatic carbocycles. The van der Waals surface area contributed by atoms with E-state index in [0.717, 1.165) is 26.3 Å². The van der Waals surface area contributed by atoms with Gasteiger partial charge in [0.1, 0.15) is 0 Å². The smallest absolute Gasteiger partial charge is 0.272 e.